The predicted octanol–water partition coefficient (Wildman–Crippen LogP) is 1.17. The molecule has 1 atom stereocenters. The number of nitrogens with two attached hydrogens (primary N) is 1. The molecule has 3 amide bonds. The Labute approximate surface area is 153 Å². The summed E-state index contributed by atoms with van der Waals surface area (Å²) in [7, 11) is 3.13. The van der Waals surface area contributed by atoms with Crippen LogP contribution in [0.15, 0.2) is 18.2 Å². The van der Waals surface area contributed by atoms with Crippen LogP contribution >= 0.6 is 0 Å². The van der Waals surface area contributed by atoms with E-state index in [0.29, 0.717) is 31.3 Å². The van der Waals surface area contributed by atoms with Gasteiger partial charge in [0.2, 0.25) is 5.91 Å². The van der Waals surface area contributed by atoms with Crippen molar-refractivity contribution in [2.45, 2.75) is 31.8 Å². The van der Waals surface area contributed by atoms with Crippen LogP contribution in [0.25, 0.3) is 0 Å². The van der Waals surface area contributed by atoms with E-state index in [1.165, 1.54) is 0 Å². The zero-order chi connectivity index (χ0) is 18.9. The van der Waals surface area contributed by atoms with Gasteiger partial charge in [0.25, 0.3) is 0 Å². The van der Waals surface area contributed by atoms with E-state index in [2.05, 4.69) is 10.6 Å². The van der Waals surface area contributed by atoms with Crippen LogP contribution in [0.2, 0.25) is 0 Å². The second kappa shape index (κ2) is 9.86. The molecular weight excluding hydrogens is 338 g/mol. The zero-order valence-corrected chi connectivity index (χ0v) is 15.2. The first-order chi connectivity index (χ1) is 12.5. The normalized spacial score (nSPS) is 15.8. The Morgan fingerprint density at radius 2 is 1.92 bits per heavy atom. The molecule has 1 saturated heterocycles. The molecule has 1 aliphatic rings. The summed E-state index contributed by atoms with van der Waals surface area (Å²) in [6.07, 6.45) is 1.72. The zero-order valence-electron chi connectivity index (χ0n) is 15.2. The van der Waals surface area contributed by atoms with E-state index in [1.54, 1.807) is 26.4 Å². The molecule has 2 rings (SSSR count). The van der Waals surface area contributed by atoms with Crippen molar-refractivity contribution in [3.63, 3.8) is 0 Å². The lowest BCUT2D eigenvalue weighted by atomic mass is 9.89. The molecule has 1 fully saturated rings. The van der Waals surface area contributed by atoms with Gasteiger partial charge < -0.3 is 30.6 Å². The number of nitrogens with one attached hydrogen (secondary N) is 2. The van der Waals surface area contributed by atoms with Crippen LogP contribution in [-0.2, 0) is 16.1 Å². The Kier molecular flexibility index (Phi) is 7.53. The quantitative estimate of drug-likeness (QED) is 0.640. The molecule has 0 unspecified atom stereocenters. The minimum atomic E-state index is -0.429. The lowest BCUT2D eigenvalue weighted by Crippen LogP contribution is -2.48. The molecular formula is C18H27N3O5. The fourth-order valence-corrected chi connectivity index (χ4v) is 3.06. The molecule has 0 radical (unpaired) electrons. The van der Waals surface area contributed by atoms with Gasteiger partial charge in [-0.3, -0.25) is 4.79 Å². The number of carbonyl (C=O) groups excluding carboxylic acids is 2. The number of hydrogen-bond donors (Lipinski definition) is 3. The molecule has 0 saturated carbocycles. The van der Waals surface area contributed by atoms with E-state index in [1.807, 2.05) is 6.07 Å². The minimum absolute atomic E-state index is 0.119. The van der Waals surface area contributed by atoms with Crippen LogP contribution in [0, 0.1) is 5.92 Å². The maximum Gasteiger partial charge on any atom is 0.315 e. The van der Waals surface area contributed by atoms with Crippen molar-refractivity contribution in [1.82, 2.24) is 10.6 Å². The van der Waals surface area contributed by atoms with Crippen molar-refractivity contribution >= 4 is 11.9 Å². The molecule has 26 heavy (non-hydrogen) atoms. The van der Waals surface area contributed by atoms with Crippen LogP contribution in [0.5, 0.6) is 11.5 Å². The standard InChI is InChI=1S/C18H27N3O5/c1-24-15-4-3-12(9-16(15)25-2)11-20-18(23)21-14(10-17(19)22)13-5-7-26-8-6-13/h3-4,9,13-14H,5-8,10-11H2,1-2H3,(H2,19,22)(H2,20,21,23)/t14-/m0/s1. The highest BCUT2D eigenvalue weighted by molar-refractivity contribution is 5.77. The molecule has 0 aliphatic carbocycles. The summed E-state index contributed by atoms with van der Waals surface area (Å²) in [5.41, 5.74) is 6.20. The second-order valence-electron chi connectivity index (χ2n) is 6.24. The number of methoxy groups -OCH3 is 2. The molecule has 0 bridgehead atoms. The number of benzene rings is 1. The van der Waals surface area contributed by atoms with E-state index in [-0.39, 0.29) is 24.4 Å². The van der Waals surface area contributed by atoms with Crippen LogP contribution in [0.4, 0.5) is 4.79 Å². The van der Waals surface area contributed by atoms with Crippen molar-refractivity contribution in [1.29, 1.82) is 0 Å². The van der Waals surface area contributed by atoms with Crippen LogP contribution in [-0.4, -0.2) is 45.4 Å². The average Bonchev–Trinajstić information content (AvgIpc) is 2.66. The smallest absolute Gasteiger partial charge is 0.315 e. The molecule has 144 valence electrons. The van der Waals surface area contributed by atoms with Crippen molar-refractivity contribution in [3.05, 3.63) is 23.8 Å². The Morgan fingerprint density at radius 1 is 1.23 bits per heavy atom. The summed E-state index contributed by atoms with van der Waals surface area (Å²) >= 11 is 0. The largest absolute Gasteiger partial charge is 0.493 e. The topological polar surface area (TPSA) is 112 Å². The van der Waals surface area contributed by atoms with Gasteiger partial charge in [0, 0.05) is 32.2 Å². The molecule has 1 aliphatic heterocycles. The Balaban J connectivity index is 1.91. The first-order valence-electron chi connectivity index (χ1n) is 8.64. The fraction of sp³-hybridized carbons (Fsp3) is 0.556. The third-order valence-corrected chi connectivity index (χ3v) is 4.47. The summed E-state index contributed by atoms with van der Waals surface area (Å²) in [4.78, 5) is 23.6. The molecule has 4 N–H and O–H groups in total. The van der Waals surface area contributed by atoms with Crippen LogP contribution < -0.4 is 25.8 Å². The van der Waals surface area contributed by atoms with Crippen molar-refractivity contribution in [2.24, 2.45) is 11.7 Å². The van der Waals surface area contributed by atoms with Crippen molar-refractivity contribution in [3.8, 4) is 11.5 Å². The summed E-state index contributed by atoms with van der Waals surface area (Å²) < 4.78 is 15.8. The lowest BCUT2D eigenvalue weighted by Gasteiger charge is -2.30. The Morgan fingerprint density at radius 3 is 2.54 bits per heavy atom. The molecule has 8 nitrogen and oxygen atoms in total. The number of primary amides is 1. The first-order valence-corrected chi connectivity index (χ1v) is 8.64. The van der Waals surface area contributed by atoms with Crippen molar-refractivity contribution in [2.75, 3.05) is 27.4 Å². The van der Waals surface area contributed by atoms with Gasteiger partial charge in [-0.1, -0.05) is 6.07 Å². The number of ether oxygens (including phenoxy) is 3. The molecule has 1 aromatic rings. The number of amides is 3. The van der Waals surface area contributed by atoms with E-state index in [9.17, 15) is 9.59 Å². The van der Waals surface area contributed by atoms with Gasteiger partial charge in [-0.2, -0.15) is 0 Å². The maximum atomic E-state index is 12.3. The Hall–Kier alpha value is -2.48. The fourth-order valence-electron chi connectivity index (χ4n) is 3.06. The third kappa shape index (κ3) is 5.80. The number of urea groups is 1. The van der Waals surface area contributed by atoms with Gasteiger partial charge in [0.15, 0.2) is 11.5 Å². The van der Waals surface area contributed by atoms with E-state index < -0.39 is 5.91 Å². The van der Waals surface area contributed by atoms with Gasteiger partial charge in [-0.25, -0.2) is 4.79 Å². The van der Waals surface area contributed by atoms with E-state index >= 15 is 0 Å². The molecule has 1 aromatic carbocycles. The number of hydrogen-bond acceptors (Lipinski definition) is 5. The van der Waals surface area contributed by atoms with E-state index in [0.717, 1.165) is 18.4 Å². The van der Waals surface area contributed by atoms with Crippen molar-refractivity contribution < 1.29 is 23.8 Å². The van der Waals surface area contributed by atoms with Crippen LogP contribution in [0.3, 0.4) is 0 Å². The molecule has 0 spiro atoms. The van der Waals surface area contributed by atoms with Crippen LogP contribution in [0.1, 0.15) is 24.8 Å². The lowest BCUT2D eigenvalue weighted by molar-refractivity contribution is -0.118. The van der Waals surface area contributed by atoms with Gasteiger partial charge in [-0.05, 0) is 36.5 Å². The summed E-state index contributed by atoms with van der Waals surface area (Å²) in [6, 6.07) is 4.81. The SMILES string of the molecule is COc1ccc(CNC(=O)N[C@@H](CC(N)=O)C2CCOCC2)cc1OC. The summed E-state index contributed by atoms with van der Waals surface area (Å²) in [5.74, 6) is 0.979. The predicted molar refractivity (Wildman–Crippen MR) is 96.1 cm³/mol. The molecule has 8 heteroatoms. The highest BCUT2D eigenvalue weighted by Crippen LogP contribution is 2.27. The highest BCUT2D eigenvalue weighted by Gasteiger charge is 2.26. The Bertz CT molecular complexity index is 617. The number of rotatable bonds is 8. The summed E-state index contributed by atoms with van der Waals surface area (Å²) in [5, 5.41) is 5.68. The minimum Gasteiger partial charge on any atom is -0.493 e. The van der Waals surface area contributed by atoms with Gasteiger partial charge in [-0.15, -0.1) is 0 Å². The van der Waals surface area contributed by atoms with Gasteiger partial charge >= 0.3 is 6.03 Å². The monoisotopic (exact) mass is 365 g/mol. The maximum absolute atomic E-state index is 12.3. The van der Waals surface area contributed by atoms with Gasteiger partial charge in [0.05, 0.1) is 14.2 Å². The third-order valence-electron chi connectivity index (χ3n) is 4.47. The number of carbonyl (C=O) groups is 2. The molecule has 0 aromatic heterocycles. The first kappa shape index (κ1) is 19.8. The average molecular weight is 365 g/mol. The highest BCUT2D eigenvalue weighted by atomic mass is 16.5. The molecule has 1 heterocycles. The summed E-state index contributed by atoms with van der Waals surface area (Å²) in [6.45, 7) is 1.59. The van der Waals surface area contributed by atoms with Gasteiger partial charge in [0.1, 0.15) is 0 Å². The van der Waals surface area contributed by atoms with E-state index in [4.69, 9.17) is 19.9 Å². The second-order valence-corrected chi connectivity index (χ2v) is 6.24.